The van der Waals surface area contributed by atoms with Gasteiger partial charge in [0.05, 0.1) is 6.54 Å². The molecule has 3 amide bonds. The molecule has 0 aromatic heterocycles. The Kier molecular flexibility index (Phi) is 7.22. The summed E-state index contributed by atoms with van der Waals surface area (Å²) in [7, 11) is 0. The number of halogens is 1. The van der Waals surface area contributed by atoms with Crippen molar-refractivity contribution in [3.05, 3.63) is 34.9 Å². The van der Waals surface area contributed by atoms with Gasteiger partial charge in [-0.2, -0.15) is 0 Å². The molecule has 1 atom stereocenters. The lowest BCUT2D eigenvalue weighted by molar-refractivity contribution is -0.139. The van der Waals surface area contributed by atoms with Crippen LogP contribution in [0.1, 0.15) is 38.1 Å². The zero-order valence-electron chi connectivity index (χ0n) is 14.4. The molecule has 0 bridgehead atoms. The fourth-order valence-corrected chi connectivity index (χ4v) is 2.33. The standard InChI is InChI=1S/C17H24ClN3O3/c1-10(2)15(17(24)21(11(3)4)9-14(19)22)20-16(23)12-5-7-13(18)8-6-12/h5-8,10-11,15H,9H2,1-4H3,(H2,19,22)(H,20,23). The van der Waals surface area contributed by atoms with Gasteiger partial charge < -0.3 is 16.0 Å². The van der Waals surface area contributed by atoms with Crippen molar-refractivity contribution >= 4 is 29.3 Å². The monoisotopic (exact) mass is 353 g/mol. The Labute approximate surface area is 147 Å². The maximum atomic E-state index is 12.8. The largest absolute Gasteiger partial charge is 0.368 e. The predicted molar refractivity (Wildman–Crippen MR) is 93.6 cm³/mol. The van der Waals surface area contributed by atoms with Crippen LogP contribution in [0.5, 0.6) is 0 Å². The molecule has 132 valence electrons. The van der Waals surface area contributed by atoms with Crippen molar-refractivity contribution in [2.24, 2.45) is 11.7 Å². The number of hydrogen-bond donors (Lipinski definition) is 2. The van der Waals surface area contributed by atoms with Gasteiger partial charge in [0, 0.05) is 16.6 Å². The van der Waals surface area contributed by atoms with Crippen LogP contribution in [-0.4, -0.2) is 41.2 Å². The normalized spacial score (nSPS) is 12.1. The van der Waals surface area contributed by atoms with Gasteiger partial charge >= 0.3 is 0 Å². The molecule has 24 heavy (non-hydrogen) atoms. The fourth-order valence-electron chi connectivity index (χ4n) is 2.20. The molecule has 0 aliphatic carbocycles. The molecule has 0 radical (unpaired) electrons. The van der Waals surface area contributed by atoms with E-state index in [0.717, 1.165) is 0 Å². The van der Waals surface area contributed by atoms with Gasteiger partial charge in [-0.15, -0.1) is 0 Å². The van der Waals surface area contributed by atoms with E-state index in [1.54, 1.807) is 38.1 Å². The number of nitrogens with one attached hydrogen (secondary N) is 1. The zero-order chi connectivity index (χ0) is 18.4. The van der Waals surface area contributed by atoms with Crippen LogP contribution in [0.15, 0.2) is 24.3 Å². The van der Waals surface area contributed by atoms with Crippen molar-refractivity contribution in [2.45, 2.75) is 39.8 Å². The fraction of sp³-hybridized carbons (Fsp3) is 0.471. The van der Waals surface area contributed by atoms with Crippen molar-refractivity contribution in [3.63, 3.8) is 0 Å². The molecule has 0 heterocycles. The Morgan fingerprint density at radius 2 is 1.67 bits per heavy atom. The molecule has 7 heteroatoms. The highest BCUT2D eigenvalue weighted by atomic mass is 35.5. The molecule has 0 saturated heterocycles. The number of nitrogens with zero attached hydrogens (tertiary/aromatic N) is 1. The zero-order valence-corrected chi connectivity index (χ0v) is 15.1. The van der Waals surface area contributed by atoms with Gasteiger partial charge in [-0.3, -0.25) is 14.4 Å². The lowest BCUT2D eigenvalue weighted by Crippen LogP contribution is -2.54. The second kappa shape index (κ2) is 8.68. The molecule has 0 fully saturated rings. The summed E-state index contributed by atoms with van der Waals surface area (Å²) in [5, 5.41) is 3.26. The smallest absolute Gasteiger partial charge is 0.251 e. The van der Waals surface area contributed by atoms with E-state index in [0.29, 0.717) is 10.6 Å². The van der Waals surface area contributed by atoms with Crippen LogP contribution >= 0.6 is 11.6 Å². The summed E-state index contributed by atoms with van der Waals surface area (Å²) in [4.78, 5) is 37.7. The first kappa shape index (κ1) is 20.0. The Morgan fingerprint density at radius 1 is 1.12 bits per heavy atom. The van der Waals surface area contributed by atoms with Gasteiger partial charge in [0.1, 0.15) is 6.04 Å². The van der Waals surface area contributed by atoms with Crippen LogP contribution in [0.4, 0.5) is 0 Å². The van der Waals surface area contributed by atoms with Gasteiger partial charge in [0.2, 0.25) is 11.8 Å². The molecular formula is C17H24ClN3O3. The maximum absolute atomic E-state index is 12.8. The lowest BCUT2D eigenvalue weighted by Gasteiger charge is -2.31. The third-order valence-electron chi connectivity index (χ3n) is 3.56. The first-order valence-electron chi connectivity index (χ1n) is 7.78. The Hall–Kier alpha value is -2.08. The second-order valence-corrected chi connectivity index (χ2v) is 6.66. The average molecular weight is 354 g/mol. The maximum Gasteiger partial charge on any atom is 0.251 e. The molecule has 3 N–H and O–H groups in total. The minimum Gasteiger partial charge on any atom is -0.368 e. The molecule has 0 spiro atoms. The topological polar surface area (TPSA) is 92.5 Å². The summed E-state index contributed by atoms with van der Waals surface area (Å²) in [6.45, 7) is 7.05. The van der Waals surface area contributed by atoms with Crippen molar-refractivity contribution in [2.75, 3.05) is 6.54 Å². The molecule has 1 rings (SSSR count). The summed E-state index contributed by atoms with van der Waals surface area (Å²) in [5.41, 5.74) is 5.63. The van der Waals surface area contributed by atoms with E-state index in [2.05, 4.69) is 5.32 Å². The molecule has 1 unspecified atom stereocenters. The summed E-state index contributed by atoms with van der Waals surface area (Å²) in [5.74, 6) is -1.45. The van der Waals surface area contributed by atoms with E-state index in [1.165, 1.54) is 4.90 Å². The van der Waals surface area contributed by atoms with E-state index in [-0.39, 0.29) is 30.3 Å². The van der Waals surface area contributed by atoms with Crippen LogP contribution in [0, 0.1) is 5.92 Å². The van der Waals surface area contributed by atoms with Gasteiger partial charge in [0.15, 0.2) is 0 Å². The van der Waals surface area contributed by atoms with E-state index in [1.807, 2.05) is 13.8 Å². The number of rotatable bonds is 7. The number of nitrogens with two attached hydrogens (primary N) is 1. The molecule has 0 aliphatic heterocycles. The molecule has 1 aromatic carbocycles. The minimum atomic E-state index is -0.755. The van der Waals surface area contributed by atoms with Gasteiger partial charge in [-0.1, -0.05) is 25.4 Å². The van der Waals surface area contributed by atoms with Crippen molar-refractivity contribution in [1.82, 2.24) is 10.2 Å². The summed E-state index contributed by atoms with van der Waals surface area (Å²) in [6.07, 6.45) is 0. The first-order chi connectivity index (χ1) is 11.1. The quantitative estimate of drug-likeness (QED) is 0.783. The summed E-state index contributed by atoms with van der Waals surface area (Å²) < 4.78 is 0. The van der Waals surface area contributed by atoms with Crippen molar-refractivity contribution in [1.29, 1.82) is 0 Å². The number of amides is 3. The van der Waals surface area contributed by atoms with E-state index in [4.69, 9.17) is 17.3 Å². The first-order valence-corrected chi connectivity index (χ1v) is 8.16. The lowest BCUT2D eigenvalue weighted by atomic mass is 10.0. The average Bonchev–Trinajstić information content (AvgIpc) is 2.49. The van der Waals surface area contributed by atoms with Crippen LogP contribution in [0.2, 0.25) is 5.02 Å². The molecule has 6 nitrogen and oxygen atoms in total. The number of hydrogen-bond acceptors (Lipinski definition) is 3. The summed E-state index contributed by atoms with van der Waals surface area (Å²) in [6, 6.07) is 5.42. The van der Waals surface area contributed by atoms with Gasteiger partial charge in [-0.05, 0) is 44.0 Å². The highest BCUT2D eigenvalue weighted by Crippen LogP contribution is 2.13. The molecule has 1 aromatic rings. The molecular weight excluding hydrogens is 330 g/mol. The van der Waals surface area contributed by atoms with E-state index < -0.39 is 11.9 Å². The van der Waals surface area contributed by atoms with Crippen LogP contribution in [-0.2, 0) is 9.59 Å². The number of carbonyl (C=O) groups is 3. The number of carbonyl (C=O) groups excluding carboxylic acids is 3. The van der Waals surface area contributed by atoms with Crippen molar-refractivity contribution in [3.8, 4) is 0 Å². The number of primary amides is 1. The van der Waals surface area contributed by atoms with Crippen molar-refractivity contribution < 1.29 is 14.4 Å². The van der Waals surface area contributed by atoms with Gasteiger partial charge in [0.25, 0.3) is 5.91 Å². The SMILES string of the molecule is CC(C)C(NC(=O)c1ccc(Cl)cc1)C(=O)N(CC(N)=O)C(C)C. The highest BCUT2D eigenvalue weighted by molar-refractivity contribution is 6.30. The van der Waals surface area contributed by atoms with E-state index in [9.17, 15) is 14.4 Å². The minimum absolute atomic E-state index is 0.150. The second-order valence-electron chi connectivity index (χ2n) is 6.23. The molecule has 0 saturated carbocycles. The van der Waals surface area contributed by atoms with E-state index >= 15 is 0 Å². The Morgan fingerprint density at radius 3 is 2.08 bits per heavy atom. The number of benzene rings is 1. The Bertz CT molecular complexity index is 600. The van der Waals surface area contributed by atoms with Crippen LogP contribution in [0.3, 0.4) is 0 Å². The third kappa shape index (κ3) is 5.53. The Balaban J connectivity index is 2.96. The van der Waals surface area contributed by atoms with Crippen LogP contribution in [0.25, 0.3) is 0 Å². The highest BCUT2D eigenvalue weighted by Gasteiger charge is 2.31. The summed E-state index contributed by atoms with van der Waals surface area (Å²) >= 11 is 5.81. The molecule has 0 aliphatic rings. The third-order valence-corrected chi connectivity index (χ3v) is 3.81. The van der Waals surface area contributed by atoms with Crippen LogP contribution < -0.4 is 11.1 Å². The predicted octanol–water partition coefficient (Wildman–Crippen LogP) is 1.82. The van der Waals surface area contributed by atoms with Gasteiger partial charge in [-0.25, -0.2) is 0 Å².